The summed E-state index contributed by atoms with van der Waals surface area (Å²) in [5.41, 5.74) is 2.02. The summed E-state index contributed by atoms with van der Waals surface area (Å²) in [5.74, 6) is 0.749. The summed E-state index contributed by atoms with van der Waals surface area (Å²) in [6.45, 7) is 6.13. The summed E-state index contributed by atoms with van der Waals surface area (Å²) >= 11 is 0. The first-order valence-electron chi connectivity index (χ1n) is 10.8. The molecule has 7 heteroatoms. The van der Waals surface area contributed by atoms with Gasteiger partial charge in [-0.1, -0.05) is 18.2 Å². The van der Waals surface area contributed by atoms with E-state index in [1.165, 1.54) is 12.1 Å². The van der Waals surface area contributed by atoms with Crippen LogP contribution < -0.4 is 9.47 Å². The zero-order valence-electron chi connectivity index (χ0n) is 18.8. The van der Waals surface area contributed by atoms with E-state index in [1.54, 1.807) is 31.4 Å². The monoisotopic (exact) mass is 442 g/mol. The minimum atomic E-state index is -0.237. The molecule has 1 saturated heterocycles. The molecule has 1 N–H and O–H groups in total. The third-order valence-corrected chi connectivity index (χ3v) is 5.77. The first-order valence-corrected chi connectivity index (χ1v) is 10.8. The molecular weight excluding hydrogens is 411 g/mol. The largest absolute Gasteiger partial charge is 0.516 e. The predicted molar refractivity (Wildman–Crippen MR) is 121 cm³/mol. The fourth-order valence-electron chi connectivity index (χ4n) is 3.96. The smallest absolute Gasteiger partial charge is 0.260 e. The van der Waals surface area contributed by atoms with Crippen molar-refractivity contribution in [2.45, 2.75) is 38.9 Å². The van der Waals surface area contributed by atoms with Crippen LogP contribution in [0.1, 0.15) is 25.0 Å². The molecule has 1 aliphatic rings. The second-order valence-corrected chi connectivity index (χ2v) is 8.16. The van der Waals surface area contributed by atoms with E-state index >= 15 is 0 Å². The molecule has 0 spiro atoms. The van der Waals surface area contributed by atoms with Gasteiger partial charge in [0.25, 0.3) is 5.91 Å². The highest BCUT2D eigenvalue weighted by Crippen LogP contribution is 2.28. The van der Waals surface area contributed by atoms with Crippen LogP contribution in [0.2, 0.25) is 0 Å². The molecule has 2 atom stereocenters. The molecule has 172 valence electrons. The fraction of sp³-hybridized carbons (Fsp3) is 0.400. The highest BCUT2D eigenvalue weighted by atomic mass is 19.1. The van der Waals surface area contributed by atoms with Crippen molar-refractivity contribution in [2.24, 2.45) is 0 Å². The molecule has 1 aliphatic heterocycles. The predicted octanol–water partition coefficient (Wildman–Crippen LogP) is 3.95. The summed E-state index contributed by atoms with van der Waals surface area (Å²) in [6.07, 6.45) is 3.22. The molecule has 6 nitrogen and oxygen atoms in total. The number of allylic oxidation sites excluding steroid dienone is 1. The number of ether oxygens (including phenoxy) is 2. The normalized spacial score (nSPS) is 19.3. The number of halogens is 1. The zero-order valence-corrected chi connectivity index (χ0v) is 18.8. The quantitative estimate of drug-likeness (QED) is 0.628. The maximum absolute atomic E-state index is 13.2. The number of aliphatic hydroxyl groups is 1. The second kappa shape index (κ2) is 11.0. The first-order chi connectivity index (χ1) is 15.4. The van der Waals surface area contributed by atoms with E-state index in [2.05, 4.69) is 11.8 Å². The van der Waals surface area contributed by atoms with Crippen molar-refractivity contribution < 1.29 is 23.8 Å². The van der Waals surface area contributed by atoms with E-state index in [0.29, 0.717) is 24.5 Å². The lowest BCUT2D eigenvalue weighted by Gasteiger charge is -2.44. The summed E-state index contributed by atoms with van der Waals surface area (Å²) in [4.78, 5) is 17.1. The molecule has 32 heavy (non-hydrogen) atoms. The number of carbonyl (C=O) groups is 1. The summed E-state index contributed by atoms with van der Waals surface area (Å²) < 4.78 is 24.3. The zero-order chi connectivity index (χ0) is 23.1. The number of methoxy groups -OCH3 is 1. The van der Waals surface area contributed by atoms with Crippen LogP contribution in [0.5, 0.6) is 11.5 Å². The number of hydrogen-bond donors (Lipinski definition) is 1. The third-order valence-electron chi connectivity index (χ3n) is 5.77. The van der Waals surface area contributed by atoms with Gasteiger partial charge in [-0.25, -0.2) is 4.39 Å². The van der Waals surface area contributed by atoms with Gasteiger partial charge < -0.3 is 19.5 Å². The van der Waals surface area contributed by atoms with E-state index < -0.39 is 0 Å². The lowest BCUT2D eigenvalue weighted by molar-refractivity contribution is -0.139. The number of piperazine rings is 1. The average molecular weight is 443 g/mol. The number of nitrogens with zero attached hydrogens (tertiary/aromatic N) is 2. The molecule has 0 unspecified atom stereocenters. The van der Waals surface area contributed by atoms with Gasteiger partial charge in [0.1, 0.15) is 5.82 Å². The Balaban J connectivity index is 1.57. The first kappa shape index (κ1) is 23.6. The van der Waals surface area contributed by atoms with Crippen LogP contribution in [0.4, 0.5) is 4.39 Å². The Bertz CT molecular complexity index is 932. The molecule has 0 bridgehead atoms. The number of amides is 1. The molecule has 3 rings (SSSR count). The van der Waals surface area contributed by atoms with Crippen LogP contribution in [0, 0.1) is 5.82 Å². The number of hydrogen-bond acceptors (Lipinski definition) is 5. The minimum absolute atomic E-state index is 0.0392. The molecule has 0 aliphatic carbocycles. The van der Waals surface area contributed by atoms with Crippen LogP contribution in [0.3, 0.4) is 0 Å². The number of carbonyl (C=O) groups excluding carboxylic acids is 1. The standard InChI is InChI=1S/C25H31FN2O4/c1-18-15-28(19(2)14-27(18)16-21-6-9-22(26)10-7-21)25(30)17-32-23-11-8-20(5-4-12-29)13-24(23)31-3/h4,6-13,18-19,29H,5,14-17H2,1-3H3/b12-4+/t18-,19+/m1/s1. The molecule has 1 amide bonds. The fourth-order valence-corrected chi connectivity index (χ4v) is 3.96. The SMILES string of the molecule is COc1cc(C/C=C/O)ccc1OCC(=O)N1C[C@@H](C)N(Cc2ccc(F)cc2)C[C@@H]1C. The van der Waals surface area contributed by atoms with Crippen molar-refractivity contribution in [3.05, 3.63) is 71.7 Å². The van der Waals surface area contributed by atoms with Gasteiger partial charge in [0.05, 0.1) is 13.4 Å². The Labute approximate surface area is 188 Å². The summed E-state index contributed by atoms with van der Waals surface area (Å²) in [7, 11) is 1.56. The Morgan fingerprint density at radius 2 is 1.81 bits per heavy atom. The molecule has 0 aromatic heterocycles. The van der Waals surface area contributed by atoms with Gasteiger partial charge >= 0.3 is 0 Å². The molecule has 1 heterocycles. The molecule has 2 aromatic carbocycles. The topological polar surface area (TPSA) is 62.2 Å². The molecule has 0 saturated carbocycles. The number of benzene rings is 2. The minimum Gasteiger partial charge on any atom is -0.516 e. The van der Waals surface area contributed by atoms with Crippen LogP contribution in [0.25, 0.3) is 0 Å². The van der Waals surface area contributed by atoms with Crippen molar-refractivity contribution >= 4 is 5.91 Å². The Morgan fingerprint density at radius 1 is 1.09 bits per heavy atom. The van der Waals surface area contributed by atoms with E-state index in [0.717, 1.165) is 30.5 Å². The van der Waals surface area contributed by atoms with Crippen LogP contribution in [0.15, 0.2) is 54.8 Å². The van der Waals surface area contributed by atoms with Crippen molar-refractivity contribution in [2.75, 3.05) is 26.8 Å². The Morgan fingerprint density at radius 3 is 2.50 bits per heavy atom. The lowest BCUT2D eigenvalue weighted by atomic mass is 10.1. The van der Waals surface area contributed by atoms with Gasteiger partial charge in [0.2, 0.25) is 0 Å². The third kappa shape index (κ3) is 6.01. The summed E-state index contributed by atoms with van der Waals surface area (Å²) in [5, 5.41) is 8.82. The number of rotatable bonds is 8. The number of aliphatic hydroxyl groups excluding tert-OH is 1. The van der Waals surface area contributed by atoms with E-state index in [4.69, 9.17) is 14.6 Å². The van der Waals surface area contributed by atoms with Gasteiger partial charge in [-0.05, 0) is 61.7 Å². The summed E-state index contributed by atoms with van der Waals surface area (Å²) in [6, 6.07) is 12.3. The Hall–Kier alpha value is -3.06. The van der Waals surface area contributed by atoms with Gasteiger partial charge in [-0.2, -0.15) is 0 Å². The van der Waals surface area contributed by atoms with Crippen molar-refractivity contribution in [1.82, 2.24) is 9.80 Å². The second-order valence-electron chi connectivity index (χ2n) is 8.16. The van der Waals surface area contributed by atoms with Gasteiger partial charge in [-0.3, -0.25) is 9.69 Å². The molecule has 2 aromatic rings. The molecular formula is C25H31FN2O4. The molecule has 1 fully saturated rings. The van der Waals surface area contributed by atoms with Crippen LogP contribution >= 0.6 is 0 Å². The maximum Gasteiger partial charge on any atom is 0.260 e. The van der Waals surface area contributed by atoms with E-state index in [9.17, 15) is 9.18 Å². The van der Waals surface area contributed by atoms with Crippen molar-refractivity contribution in [1.29, 1.82) is 0 Å². The average Bonchev–Trinajstić information content (AvgIpc) is 2.79. The molecule has 0 radical (unpaired) electrons. The van der Waals surface area contributed by atoms with E-state index in [-0.39, 0.29) is 30.4 Å². The van der Waals surface area contributed by atoms with Gasteiger partial charge in [0.15, 0.2) is 18.1 Å². The van der Waals surface area contributed by atoms with Gasteiger partial charge in [-0.15, -0.1) is 0 Å². The van der Waals surface area contributed by atoms with Crippen molar-refractivity contribution in [3.63, 3.8) is 0 Å². The Kier molecular flexibility index (Phi) is 8.11. The van der Waals surface area contributed by atoms with Crippen molar-refractivity contribution in [3.8, 4) is 11.5 Å². The van der Waals surface area contributed by atoms with Crippen LogP contribution in [-0.2, 0) is 17.8 Å². The lowest BCUT2D eigenvalue weighted by Crippen LogP contribution is -2.58. The highest BCUT2D eigenvalue weighted by Gasteiger charge is 2.32. The van der Waals surface area contributed by atoms with Gasteiger partial charge in [0, 0.05) is 31.7 Å². The van der Waals surface area contributed by atoms with Crippen LogP contribution in [-0.4, -0.2) is 59.7 Å². The highest BCUT2D eigenvalue weighted by molar-refractivity contribution is 5.78. The van der Waals surface area contributed by atoms with E-state index in [1.807, 2.05) is 24.0 Å². The maximum atomic E-state index is 13.2.